The minimum absolute atomic E-state index is 0.0222. The minimum Gasteiger partial charge on any atom is -0.491 e. The van der Waals surface area contributed by atoms with E-state index in [1.807, 2.05) is 19.0 Å². The quantitative estimate of drug-likeness (QED) is 0.623. The van der Waals surface area contributed by atoms with Crippen LogP contribution in [0.4, 0.5) is 16.0 Å². The summed E-state index contributed by atoms with van der Waals surface area (Å²) in [6.07, 6.45) is 0. The Morgan fingerprint density at radius 2 is 1.93 bits per heavy atom. The maximum absolute atomic E-state index is 13.9. The van der Waals surface area contributed by atoms with Crippen LogP contribution in [-0.4, -0.2) is 52.2 Å². The first-order valence-electron chi connectivity index (χ1n) is 8.42. The molecule has 0 unspecified atom stereocenters. The van der Waals surface area contributed by atoms with Gasteiger partial charge in [0.05, 0.1) is 11.5 Å². The fraction of sp³-hybridized carbons (Fsp3) is 0.412. The molecule has 0 radical (unpaired) electrons. The van der Waals surface area contributed by atoms with Crippen LogP contribution in [-0.2, 0) is 10.0 Å². The molecule has 8 nitrogen and oxygen atoms in total. The van der Waals surface area contributed by atoms with E-state index in [1.165, 1.54) is 12.1 Å². The fourth-order valence-electron chi connectivity index (χ4n) is 2.25. The van der Waals surface area contributed by atoms with Gasteiger partial charge >= 0.3 is 0 Å². The molecule has 0 bridgehead atoms. The number of sulfonamides is 1. The lowest BCUT2D eigenvalue weighted by Gasteiger charge is -2.14. The second-order valence-corrected chi connectivity index (χ2v) is 7.67. The van der Waals surface area contributed by atoms with Crippen LogP contribution in [0.1, 0.15) is 12.7 Å². The number of aryl methyl sites for hydroxylation is 1. The number of ether oxygens (including phenoxy) is 1. The van der Waals surface area contributed by atoms with E-state index in [2.05, 4.69) is 20.0 Å². The molecule has 0 fully saturated rings. The van der Waals surface area contributed by atoms with E-state index in [4.69, 9.17) is 4.74 Å². The first-order valence-corrected chi connectivity index (χ1v) is 9.90. The number of nitrogens with zero attached hydrogens (tertiary/aromatic N) is 3. The average molecular weight is 397 g/mol. The molecule has 2 rings (SSSR count). The van der Waals surface area contributed by atoms with Crippen molar-refractivity contribution in [1.82, 2.24) is 14.7 Å². The van der Waals surface area contributed by atoms with Crippen molar-refractivity contribution in [1.29, 1.82) is 0 Å². The van der Waals surface area contributed by atoms with Crippen molar-refractivity contribution >= 4 is 21.7 Å². The highest BCUT2D eigenvalue weighted by Gasteiger charge is 2.16. The predicted molar refractivity (Wildman–Crippen MR) is 102 cm³/mol. The van der Waals surface area contributed by atoms with Crippen LogP contribution in [0.25, 0.3) is 0 Å². The SMILES string of the molecule is CCOc1ccc(S(=O)(=O)NCCNc2cc(N(C)C)nc(C)n2)cc1F. The Kier molecular flexibility index (Phi) is 6.92. The van der Waals surface area contributed by atoms with Crippen molar-refractivity contribution in [2.75, 3.05) is 44.0 Å². The summed E-state index contributed by atoms with van der Waals surface area (Å²) in [5.74, 6) is 1.25. The molecule has 0 amide bonds. The Morgan fingerprint density at radius 3 is 2.56 bits per heavy atom. The normalized spacial score (nSPS) is 11.3. The largest absolute Gasteiger partial charge is 0.491 e. The Bertz CT molecular complexity index is 890. The van der Waals surface area contributed by atoms with Gasteiger partial charge in [0.1, 0.15) is 17.5 Å². The zero-order chi connectivity index (χ0) is 20.0. The van der Waals surface area contributed by atoms with E-state index in [0.29, 0.717) is 24.8 Å². The molecule has 0 aliphatic rings. The van der Waals surface area contributed by atoms with E-state index in [0.717, 1.165) is 11.9 Å². The summed E-state index contributed by atoms with van der Waals surface area (Å²) in [5.41, 5.74) is 0. The Hall–Kier alpha value is -2.46. The molecule has 2 aromatic rings. The maximum Gasteiger partial charge on any atom is 0.240 e. The average Bonchev–Trinajstić information content (AvgIpc) is 2.60. The third-order valence-electron chi connectivity index (χ3n) is 3.52. The van der Waals surface area contributed by atoms with Crippen molar-refractivity contribution in [2.24, 2.45) is 0 Å². The molecule has 0 atom stereocenters. The summed E-state index contributed by atoms with van der Waals surface area (Å²) in [7, 11) is -0.0839. The Labute approximate surface area is 158 Å². The van der Waals surface area contributed by atoms with Gasteiger partial charge in [-0.3, -0.25) is 0 Å². The van der Waals surface area contributed by atoms with Gasteiger partial charge in [-0.1, -0.05) is 0 Å². The molecule has 1 aromatic carbocycles. The number of anilines is 2. The van der Waals surface area contributed by atoms with Gasteiger partial charge in [0.25, 0.3) is 0 Å². The van der Waals surface area contributed by atoms with Crippen LogP contribution < -0.4 is 19.7 Å². The number of rotatable bonds is 9. The Morgan fingerprint density at radius 1 is 1.19 bits per heavy atom. The van der Waals surface area contributed by atoms with Gasteiger partial charge in [-0.2, -0.15) is 0 Å². The molecule has 0 spiro atoms. The lowest BCUT2D eigenvalue weighted by atomic mass is 10.3. The van der Waals surface area contributed by atoms with Gasteiger partial charge in [-0.15, -0.1) is 0 Å². The Balaban J connectivity index is 1.95. The van der Waals surface area contributed by atoms with Gasteiger partial charge < -0.3 is 15.0 Å². The van der Waals surface area contributed by atoms with Crippen LogP contribution in [0, 0.1) is 12.7 Å². The predicted octanol–water partition coefficient (Wildman–Crippen LogP) is 1.78. The van der Waals surface area contributed by atoms with Crippen molar-refractivity contribution in [3.63, 3.8) is 0 Å². The first-order chi connectivity index (χ1) is 12.7. The number of benzene rings is 1. The highest BCUT2D eigenvalue weighted by atomic mass is 32.2. The molecule has 2 N–H and O–H groups in total. The summed E-state index contributed by atoms with van der Waals surface area (Å²) in [6.45, 7) is 4.21. The second-order valence-electron chi connectivity index (χ2n) is 5.90. The monoisotopic (exact) mass is 397 g/mol. The molecule has 0 aliphatic carbocycles. The molecular formula is C17H24FN5O3S. The summed E-state index contributed by atoms with van der Waals surface area (Å²) in [6, 6.07) is 5.32. The third-order valence-corrected chi connectivity index (χ3v) is 4.98. The number of hydrogen-bond donors (Lipinski definition) is 2. The number of nitrogens with one attached hydrogen (secondary N) is 2. The van der Waals surface area contributed by atoms with E-state index in [-0.39, 0.29) is 17.2 Å². The van der Waals surface area contributed by atoms with E-state index >= 15 is 0 Å². The highest BCUT2D eigenvalue weighted by Crippen LogP contribution is 2.21. The van der Waals surface area contributed by atoms with Gasteiger partial charge in [0, 0.05) is 33.3 Å². The van der Waals surface area contributed by atoms with Crippen LogP contribution in [0.2, 0.25) is 0 Å². The molecule has 1 aromatic heterocycles. The molecule has 0 saturated heterocycles. The van der Waals surface area contributed by atoms with Crippen molar-refractivity contribution in [3.8, 4) is 5.75 Å². The molecular weight excluding hydrogens is 373 g/mol. The lowest BCUT2D eigenvalue weighted by molar-refractivity contribution is 0.321. The lowest BCUT2D eigenvalue weighted by Crippen LogP contribution is -2.29. The first kappa shape index (κ1) is 20.8. The standard InChI is InChI=1S/C17H24FN5O3S/c1-5-26-15-7-6-13(10-14(15)18)27(24,25)20-9-8-19-16-11-17(23(3)4)22-12(2)21-16/h6-7,10-11,20H,5,8-9H2,1-4H3,(H,19,21,22). The molecule has 10 heteroatoms. The minimum atomic E-state index is -3.83. The van der Waals surface area contributed by atoms with Gasteiger partial charge in [-0.25, -0.2) is 27.5 Å². The van der Waals surface area contributed by atoms with E-state index in [1.54, 1.807) is 19.9 Å². The van der Waals surface area contributed by atoms with Gasteiger partial charge in [0.2, 0.25) is 10.0 Å². The summed E-state index contributed by atoms with van der Waals surface area (Å²) < 4.78 is 45.9. The molecule has 0 saturated carbocycles. The van der Waals surface area contributed by atoms with Crippen molar-refractivity contribution < 1.29 is 17.5 Å². The smallest absolute Gasteiger partial charge is 0.240 e. The molecule has 27 heavy (non-hydrogen) atoms. The maximum atomic E-state index is 13.9. The fourth-order valence-corrected chi connectivity index (χ4v) is 3.30. The molecule has 0 aliphatic heterocycles. The topological polar surface area (TPSA) is 96.5 Å². The van der Waals surface area contributed by atoms with E-state index < -0.39 is 15.8 Å². The highest BCUT2D eigenvalue weighted by molar-refractivity contribution is 7.89. The number of hydrogen-bond acceptors (Lipinski definition) is 7. The van der Waals surface area contributed by atoms with E-state index in [9.17, 15) is 12.8 Å². The van der Waals surface area contributed by atoms with Crippen LogP contribution in [0.5, 0.6) is 5.75 Å². The van der Waals surface area contributed by atoms with Crippen molar-refractivity contribution in [3.05, 3.63) is 35.9 Å². The zero-order valence-corrected chi connectivity index (χ0v) is 16.6. The van der Waals surface area contributed by atoms with Gasteiger partial charge in [0.15, 0.2) is 11.6 Å². The second kappa shape index (κ2) is 8.96. The molecule has 148 valence electrons. The number of aromatic nitrogens is 2. The van der Waals surface area contributed by atoms with Crippen molar-refractivity contribution in [2.45, 2.75) is 18.7 Å². The summed E-state index contributed by atoms with van der Waals surface area (Å²) >= 11 is 0. The summed E-state index contributed by atoms with van der Waals surface area (Å²) in [4.78, 5) is 10.2. The molecule has 1 heterocycles. The zero-order valence-electron chi connectivity index (χ0n) is 15.8. The van der Waals surface area contributed by atoms with Gasteiger partial charge in [-0.05, 0) is 32.0 Å². The van der Waals surface area contributed by atoms with Crippen LogP contribution >= 0.6 is 0 Å². The van der Waals surface area contributed by atoms with Crippen LogP contribution in [0.15, 0.2) is 29.2 Å². The number of halogens is 1. The summed E-state index contributed by atoms with van der Waals surface area (Å²) in [5, 5.41) is 3.04. The van der Waals surface area contributed by atoms with Crippen LogP contribution in [0.3, 0.4) is 0 Å². The third kappa shape index (κ3) is 5.76.